The lowest BCUT2D eigenvalue weighted by Gasteiger charge is -2.25. The van der Waals surface area contributed by atoms with Gasteiger partial charge in [0.1, 0.15) is 4.21 Å². The standard InChI is InChI=1S/C14H23N3O3S2/c1-11(15)14(18)16-8-7-12-5-6-13(21-12)22(19,20)17-9-3-2-4-10-17/h5-6,11H,2-4,7-10,15H2,1H3,(H,16,18)/t11-/m1/s1. The fourth-order valence-corrected chi connectivity index (χ4v) is 5.36. The molecule has 0 radical (unpaired) electrons. The molecule has 2 rings (SSSR count). The molecule has 0 aliphatic carbocycles. The van der Waals surface area contributed by atoms with Gasteiger partial charge in [-0.3, -0.25) is 4.79 Å². The second-order valence-corrected chi connectivity index (χ2v) is 8.85. The van der Waals surface area contributed by atoms with Crippen molar-refractivity contribution in [2.24, 2.45) is 5.73 Å². The highest BCUT2D eigenvalue weighted by Gasteiger charge is 2.27. The van der Waals surface area contributed by atoms with Crippen LogP contribution in [0.4, 0.5) is 0 Å². The maximum atomic E-state index is 12.5. The molecule has 2 heterocycles. The minimum absolute atomic E-state index is 0.197. The van der Waals surface area contributed by atoms with Gasteiger partial charge in [-0.05, 0) is 38.3 Å². The van der Waals surface area contributed by atoms with E-state index in [2.05, 4.69) is 5.32 Å². The summed E-state index contributed by atoms with van der Waals surface area (Å²) in [5.74, 6) is -0.197. The van der Waals surface area contributed by atoms with E-state index in [-0.39, 0.29) is 5.91 Å². The molecule has 0 spiro atoms. The summed E-state index contributed by atoms with van der Waals surface area (Å²) < 4.78 is 27.0. The molecule has 1 saturated heterocycles. The quantitative estimate of drug-likeness (QED) is 0.802. The molecule has 1 amide bonds. The number of hydrogen-bond donors (Lipinski definition) is 2. The monoisotopic (exact) mass is 345 g/mol. The van der Waals surface area contributed by atoms with Crippen molar-refractivity contribution in [1.82, 2.24) is 9.62 Å². The van der Waals surface area contributed by atoms with Crippen molar-refractivity contribution in [2.45, 2.75) is 42.9 Å². The van der Waals surface area contributed by atoms with Gasteiger partial charge in [0.2, 0.25) is 5.91 Å². The number of carbonyl (C=O) groups excluding carboxylic acids is 1. The second-order valence-electron chi connectivity index (χ2n) is 5.52. The Bertz CT molecular complexity index is 605. The van der Waals surface area contributed by atoms with Gasteiger partial charge in [0.25, 0.3) is 10.0 Å². The number of amides is 1. The van der Waals surface area contributed by atoms with Gasteiger partial charge in [-0.15, -0.1) is 11.3 Å². The van der Waals surface area contributed by atoms with Crippen LogP contribution >= 0.6 is 11.3 Å². The third-order valence-corrected chi connectivity index (χ3v) is 7.14. The molecule has 1 atom stereocenters. The molecule has 1 fully saturated rings. The number of thiophene rings is 1. The number of hydrogen-bond acceptors (Lipinski definition) is 5. The zero-order valence-electron chi connectivity index (χ0n) is 12.7. The predicted octanol–water partition coefficient (Wildman–Crippen LogP) is 0.929. The molecule has 1 aromatic rings. The Kier molecular flexibility index (Phi) is 5.96. The molecule has 0 bridgehead atoms. The average Bonchev–Trinajstić information content (AvgIpc) is 2.97. The van der Waals surface area contributed by atoms with Gasteiger partial charge in [0.05, 0.1) is 6.04 Å². The summed E-state index contributed by atoms with van der Waals surface area (Å²) >= 11 is 1.28. The molecule has 124 valence electrons. The molecule has 0 saturated carbocycles. The number of sulfonamides is 1. The molecule has 1 aliphatic rings. The highest BCUT2D eigenvalue weighted by Crippen LogP contribution is 2.27. The molecular formula is C14H23N3O3S2. The second kappa shape index (κ2) is 7.54. The van der Waals surface area contributed by atoms with E-state index < -0.39 is 16.1 Å². The molecule has 22 heavy (non-hydrogen) atoms. The number of nitrogens with two attached hydrogens (primary N) is 1. The van der Waals surface area contributed by atoms with E-state index in [4.69, 9.17) is 5.73 Å². The summed E-state index contributed by atoms with van der Waals surface area (Å²) in [6, 6.07) is 2.95. The maximum absolute atomic E-state index is 12.5. The molecule has 3 N–H and O–H groups in total. The molecule has 1 aromatic heterocycles. The van der Waals surface area contributed by atoms with E-state index in [1.165, 1.54) is 11.3 Å². The summed E-state index contributed by atoms with van der Waals surface area (Å²) in [4.78, 5) is 12.3. The van der Waals surface area contributed by atoms with Crippen LogP contribution in [0, 0.1) is 0 Å². The van der Waals surface area contributed by atoms with Crippen LogP contribution in [0.25, 0.3) is 0 Å². The number of nitrogens with zero attached hydrogens (tertiary/aromatic N) is 1. The Morgan fingerprint density at radius 1 is 1.36 bits per heavy atom. The first-order valence-corrected chi connectivity index (χ1v) is 9.79. The maximum Gasteiger partial charge on any atom is 0.252 e. The minimum atomic E-state index is -3.35. The van der Waals surface area contributed by atoms with E-state index >= 15 is 0 Å². The van der Waals surface area contributed by atoms with Crippen LogP contribution in [-0.2, 0) is 21.2 Å². The third-order valence-electron chi connectivity index (χ3n) is 3.63. The van der Waals surface area contributed by atoms with Crippen molar-refractivity contribution in [2.75, 3.05) is 19.6 Å². The number of rotatable bonds is 6. The zero-order chi connectivity index (χ0) is 16.2. The Morgan fingerprint density at radius 2 is 2.05 bits per heavy atom. The highest BCUT2D eigenvalue weighted by atomic mass is 32.2. The van der Waals surface area contributed by atoms with Crippen LogP contribution in [0.15, 0.2) is 16.3 Å². The smallest absolute Gasteiger partial charge is 0.252 e. The molecule has 0 unspecified atom stereocenters. The summed E-state index contributed by atoms with van der Waals surface area (Å²) in [7, 11) is -3.35. The Balaban J connectivity index is 1.94. The van der Waals surface area contributed by atoms with Gasteiger partial charge in [0.15, 0.2) is 0 Å². The largest absolute Gasteiger partial charge is 0.354 e. The molecular weight excluding hydrogens is 322 g/mol. The van der Waals surface area contributed by atoms with Gasteiger partial charge < -0.3 is 11.1 Å². The first kappa shape index (κ1) is 17.4. The van der Waals surface area contributed by atoms with Crippen molar-refractivity contribution in [3.05, 3.63) is 17.0 Å². The lowest BCUT2D eigenvalue weighted by atomic mass is 10.2. The lowest BCUT2D eigenvalue weighted by Crippen LogP contribution is -2.39. The van der Waals surface area contributed by atoms with Gasteiger partial charge in [0, 0.05) is 24.5 Å². The van der Waals surface area contributed by atoms with Crippen LogP contribution in [0.2, 0.25) is 0 Å². The zero-order valence-corrected chi connectivity index (χ0v) is 14.4. The number of nitrogens with one attached hydrogen (secondary N) is 1. The summed E-state index contributed by atoms with van der Waals surface area (Å²) in [6.45, 7) is 3.31. The molecule has 6 nitrogen and oxygen atoms in total. The van der Waals surface area contributed by atoms with Crippen LogP contribution in [-0.4, -0.2) is 44.3 Å². The fourth-order valence-electron chi connectivity index (χ4n) is 2.33. The Labute approximate surface area is 135 Å². The summed E-state index contributed by atoms with van der Waals surface area (Å²) in [5, 5.41) is 2.72. The minimum Gasteiger partial charge on any atom is -0.354 e. The summed E-state index contributed by atoms with van der Waals surface area (Å²) in [6.07, 6.45) is 3.57. The van der Waals surface area contributed by atoms with Crippen molar-refractivity contribution in [3.8, 4) is 0 Å². The van der Waals surface area contributed by atoms with Gasteiger partial charge in [-0.25, -0.2) is 8.42 Å². The molecule has 0 aromatic carbocycles. The first-order chi connectivity index (χ1) is 10.4. The summed E-state index contributed by atoms with van der Waals surface area (Å²) in [5.41, 5.74) is 5.46. The Hall–Kier alpha value is -0.960. The van der Waals surface area contributed by atoms with Crippen LogP contribution in [0.5, 0.6) is 0 Å². The normalized spacial score (nSPS) is 18.1. The van der Waals surface area contributed by atoms with Gasteiger partial charge in [-0.1, -0.05) is 6.42 Å². The fraction of sp³-hybridized carbons (Fsp3) is 0.643. The third kappa shape index (κ3) is 4.28. The van der Waals surface area contributed by atoms with Crippen molar-refractivity contribution >= 4 is 27.3 Å². The SMILES string of the molecule is C[C@@H](N)C(=O)NCCc1ccc(S(=O)(=O)N2CCCCC2)s1. The van der Waals surface area contributed by atoms with E-state index in [1.807, 2.05) is 6.07 Å². The van der Waals surface area contributed by atoms with Crippen molar-refractivity contribution < 1.29 is 13.2 Å². The van der Waals surface area contributed by atoms with E-state index in [0.717, 1.165) is 24.1 Å². The van der Waals surface area contributed by atoms with Crippen molar-refractivity contribution in [1.29, 1.82) is 0 Å². The van der Waals surface area contributed by atoms with Gasteiger partial charge >= 0.3 is 0 Å². The molecule has 1 aliphatic heterocycles. The number of piperidine rings is 1. The van der Waals surface area contributed by atoms with Crippen LogP contribution < -0.4 is 11.1 Å². The van der Waals surface area contributed by atoms with E-state index in [1.54, 1.807) is 17.3 Å². The van der Waals surface area contributed by atoms with E-state index in [9.17, 15) is 13.2 Å². The van der Waals surface area contributed by atoms with Crippen LogP contribution in [0.1, 0.15) is 31.1 Å². The van der Waals surface area contributed by atoms with Crippen LogP contribution in [0.3, 0.4) is 0 Å². The van der Waals surface area contributed by atoms with Gasteiger partial charge in [-0.2, -0.15) is 4.31 Å². The lowest BCUT2D eigenvalue weighted by molar-refractivity contribution is -0.121. The number of carbonyl (C=O) groups is 1. The van der Waals surface area contributed by atoms with Crippen molar-refractivity contribution in [3.63, 3.8) is 0 Å². The highest BCUT2D eigenvalue weighted by molar-refractivity contribution is 7.91. The first-order valence-electron chi connectivity index (χ1n) is 7.53. The Morgan fingerprint density at radius 3 is 2.68 bits per heavy atom. The topological polar surface area (TPSA) is 92.5 Å². The van der Waals surface area contributed by atoms with E-state index in [0.29, 0.717) is 30.3 Å². The average molecular weight is 345 g/mol. The predicted molar refractivity (Wildman–Crippen MR) is 87.3 cm³/mol. The molecule has 8 heteroatoms.